The Morgan fingerprint density at radius 2 is 2.41 bits per heavy atom. The minimum Gasteiger partial charge on any atom is -0.313 e. The second-order valence-corrected chi connectivity index (χ2v) is 5.05. The van der Waals surface area contributed by atoms with E-state index in [2.05, 4.69) is 28.4 Å². The number of nitrogens with one attached hydrogen (secondary N) is 1. The van der Waals surface area contributed by atoms with Crippen molar-refractivity contribution in [2.75, 3.05) is 19.6 Å². The van der Waals surface area contributed by atoms with Gasteiger partial charge >= 0.3 is 0 Å². The van der Waals surface area contributed by atoms with Gasteiger partial charge in [-0.05, 0) is 25.9 Å². The highest BCUT2D eigenvalue weighted by Crippen LogP contribution is 2.09. The molecule has 1 aliphatic rings. The number of aryl methyl sites for hydroxylation is 1. The molecule has 17 heavy (non-hydrogen) atoms. The summed E-state index contributed by atoms with van der Waals surface area (Å²) >= 11 is 0. The van der Waals surface area contributed by atoms with Crippen LogP contribution in [0.4, 0.5) is 0 Å². The highest BCUT2D eigenvalue weighted by atomic mass is 15.2. The van der Waals surface area contributed by atoms with Gasteiger partial charge in [-0.25, -0.2) is 0 Å². The van der Waals surface area contributed by atoms with Gasteiger partial charge in [0.1, 0.15) is 0 Å². The van der Waals surface area contributed by atoms with E-state index in [-0.39, 0.29) is 0 Å². The van der Waals surface area contributed by atoms with E-state index in [1.165, 1.54) is 37.9 Å². The molecule has 0 aliphatic carbocycles. The zero-order chi connectivity index (χ0) is 12.1. The summed E-state index contributed by atoms with van der Waals surface area (Å²) in [6.45, 7) is 6.83. The van der Waals surface area contributed by atoms with Gasteiger partial charge in [0.2, 0.25) is 0 Å². The number of nitrogens with zero attached hydrogens (tertiary/aromatic N) is 3. The first-order valence-electron chi connectivity index (χ1n) is 6.71. The molecule has 1 N–H and O–H groups in total. The summed E-state index contributed by atoms with van der Waals surface area (Å²) in [5.41, 5.74) is 1.32. The summed E-state index contributed by atoms with van der Waals surface area (Å²) in [5.74, 6) is 0. The van der Waals surface area contributed by atoms with Crippen LogP contribution in [0.2, 0.25) is 0 Å². The van der Waals surface area contributed by atoms with Crippen molar-refractivity contribution in [2.24, 2.45) is 7.05 Å². The number of rotatable bonds is 4. The maximum absolute atomic E-state index is 4.24. The molecule has 0 spiro atoms. The van der Waals surface area contributed by atoms with Crippen molar-refractivity contribution < 1.29 is 0 Å². The number of aromatic nitrogens is 2. The van der Waals surface area contributed by atoms with Crippen LogP contribution in [0.25, 0.3) is 0 Å². The topological polar surface area (TPSA) is 33.1 Å². The largest absolute Gasteiger partial charge is 0.313 e. The molecule has 1 unspecified atom stereocenters. The maximum atomic E-state index is 4.24. The SMILES string of the molecule is CCCC1CN(Cc2cnn(C)c2)CCCN1. The quantitative estimate of drug-likeness (QED) is 0.857. The molecule has 1 atom stereocenters. The van der Waals surface area contributed by atoms with Crippen LogP contribution < -0.4 is 5.32 Å². The molecule has 1 aromatic heterocycles. The summed E-state index contributed by atoms with van der Waals surface area (Å²) < 4.78 is 1.88. The van der Waals surface area contributed by atoms with Gasteiger partial charge in [0.05, 0.1) is 6.20 Å². The summed E-state index contributed by atoms with van der Waals surface area (Å²) in [7, 11) is 1.98. The Kier molecular flexibility index (Phi) is 4.57. The van der Waals surface area contributed by atoms with E-state index in [4.69, 9.17) is 0 Å². The summed E-state index contributed by atoms with van der Waals surface area (Å²) in [4.78, 5) is 2.55. The third-order valence-corrected chi connectivity index (χ3v) is 3.36. The van der Waals surface area contributed by atoms with Crippen LogP contribution in [0, 0.1) is 0 Å². The average Bonchev–Trinajstić information content (AvgIpc) is 2.58. The monoisotopic (exact) mass is 236 g/mol. The lowest BCUT2D eigenvalue weighted by atomic mass is 10.1. The average molecular weight is 236 g/mol. The molecule has 1 aromatic rings. The van der Waals surface area contributed by atoms with Gasteiger partial charge in [0.25, 0.3) is 0 Å². The molecule has 0 bridgehead atoms. The van der Waals surface area contributed by atoms with Gasteiger partial charge in [-0.15, -0.1) is 0 Å². The zero-order valence-electron chi connectivity index (χ0n) is 11.0. The standard InChI is InChI=1S/C13H24N4/c1-3-5-13-11-17(7-4-6-14-13)10-12-8-15-16(2)9-12/h8-9,13-14H,3-7,10-11H2,1-2H3. The molecule has 4 heteroatoms. The van der Waals surface area contributed by atoms with Crippen molar-refractivity contribution in [3.63, 3.8) is 0 Å². The minimum absolute atomic E-state index is 0.666. The van der Waals surface area contributed by atoms with Crippen molar-refractivity contribution in [3.05, 3.63) is 18.0 Å². The molecule has 96 valence electrons. The maximum Gasteiger partial charge on any atom is 0.0534 e. The minimum atomic E-state index is 0.666. The molecule has 1 saturated heterocycles. The van der Waals surface area contributed by atoms with Gasteiger partial charge in [0, 0.05) is 37.9 Å². The van der Waals surface area contributed by atoms with Gasteiger partial charge < -0.3 is 5.32 Å². The lowest BCUT2D eigenvalue weighted by Crippen LogP contribution is -2.37. The van der Waals surface area contributed by atoms with Crippen LogP contribution in [0.1, 0.15) is 31.7 Å². The number of hydrogen-bond acceptors (Lipinski definition) is 3. The van der Waals surface area contributed by atoms with Crippen molar-refractivity contribution in [3.8, 4) is 0 Å². The second kappa shape index (κ2) is 6.17. The third-order valence-electron chi connectivity index (χ3n) is 3.36. The normalized spacial score (nSPS) is 22.6. The van der Waals surface area contributed by atoms with Gasteiger partial charge in [-0.3, -0.25) is 9.58 Å². The number of hydrogen-bond donors (Lipinski definition) is 1. The first-order valence-corrected chi connectivity index (χ1v) is 6.71. The Bertz CT molecular complexity index is 334. The van der Waals surface area contributed by atoms with E-state index in [9.17, 15) is 0 Å². The van der Waals surface area contributed by atoms with Crippen LogP contribution in [0.3, 0.4) is 0 Å². The Hall–Kier alpha value is -0.870. The second-order valence-electron chi connectivity index (χ2n) is 5.05. The van der Waals surface area contributed by atoms with Crippen LogP contribution >= 0.6 is 0 Å². The molecule has 4 nitrogen and oxygen atoms in total. The van der Waals surface area contributed by atoms with E-state index in [0.717, 1.165) is 13.1 Å². The van der Waals surface area contributed by atoms with E-state index >= 15 is 0 Å². The molecule has 0 aromatic carbocycles. The fourth-order valence-corrected chi connectivity index (χ4v) is 2.57. The van der Waals surface area contributed by atoms with Crippen LogP contribution in [-0.2, 0) is 13.6 Å². The fourth-order valence-electron chi connectivity index (χ4n) is 2.57. The van der Waals surface area contributed by atoms with E-state index < -0.39 is 0 Å². The molecule has 0 radical (unpaired) electrons. The third kappa shape index (κ3) is 3.82. The van der Waals surface area contributed by atoms with Crippen LogP contribution in [-0.4, -0.2) is 40.4 Å². The van der Waals surface area contributed by atoms with Crippen LogP contribution in [0.15, 0.2) is 12.4 Å². The Balaban J connectivity index is 1.90. The predicted molar refractivity (Wildman–Crippen MR) is 69.8 cm³/mol. The fraction of sp³-hybridized carbons (Fsp3) is 0.769. The van der Waals surface area contributed by atoms with Gasteiger partial charge in [-0.1, -0.05) is 13.3 Å². The summed E-state index contributed by atoms with van der Waals surface area (Å²) in [6, 6.07) is 0.666. The molecule has 2 rings (SSSR count). The molecule has 0 amide bonds. The lowest BCUT2D eigenvalue weighted by Gasteiger charge is -2.23. The van der Waals surface area contributed by atoms with Crippen molar-refractivity contribution in [2.45, 2.75) is 38.8 Å². The predicted octanol–water partition coefficient (Wildman–Crippen LogP) is 1.38. The Morgan fingerprint density at radius 1 is 1.53 bits per heavy atom. The van der Waals surface area contributed by atoms with E-state index in [0.29, 0.717) is 6.04 Å². The highest BCUT2D eigenvalue weighted by Gasteiger charge is 2.17. The van der Waals surface area contributed by atoms with Crippen molar-refractivity contribution in [1.29, 1.82) is 0 Å². The van der Waals surface area contributed by atoms with E-state index in [1.807, 2.05) is 17.9 Å². The smallest absolute Gasteiger partial charge is 0.0534 e. The van der Waals surface area contributed by atoms with E-state index in [1.54, 1.807) is 0 Å². The molecule has 1 aliphatic heterocycles. The molecule has 0 saturated carbocycles. The first kappa shape index (κ1) is 12.6. The van der Waals surface area contributed by atoms with Crippen molar-refractivity contribution in [1.82, 2.24) is 20.0 Å². The van der Waals surface area contributed by atoms with Gasteiger partial charge in [-0.2, -0.15) is 5.10 Å². The summed E-state index contributed by atoms with van der Waals surface area (Å²) in [5, 5.41) is 7.88. The van der Waals surface area contributed by atoms with Crippen LogP contribution in [0.5, 0.6) is 0 Å². The zero-order valence-corrected chi connectivity index (χ0v) is 11.0. The lowest BCUT2D eigenvalue weighted by molar-refractivity contribution is 0.255. The first-order chi connectivity index (χ1) is 8.28. The molecule has 2 heterocycles. The molecular formula is C13H24N4. The Morgan fingerprint density at radius 3 is 3.12 bits per heavy atom. The highest BCUT2D eigenvalue weighted by molar-refractivity contribution is 5.03. The molecular weight excluding hydrogens is 212 g/mol. The summed E-state index contributed by atoms with van der Waals surface area (Å²) in [6.07, 6.45) is 7.89. The van der Waals surface area contributed by atoms with Gasteiger partial charge in [0.15, 0.2) is 0 Å². The Labute approximate surface area is 104 Å². The molecule has 1 fully saturated rings. The van der Waals surface area contributed by atoms with Crippen molar-refractivity contribution >= 4 is 0 Å².